The number of aliphatic hydroxyl groups is 1. The van der Waals surface area contributed by atoms with Crippen LogP contribution in [0.5, 0.6) is 0 Å². The molecule has 3 atom stereocenters. The summed E-state index contributed by atoms with van der Waals surface area (Å²) >= 11 is 0. The topological polar surface area (TPSA) is 89.6 Å². The second-order valence-corrected chi connectivity index (χ2v) is 7.81. The van der Waals surface area contributed by atoms with E-state index in [9.17, 15) is 13.5 Å². The number of aliphatic hydroxyl groups excluding tert-OH is 1. The summed E-state index contributed by atoms with van der Waals surface area (Å²) in [6.45, 7) is 2.55. The van der Waals surface area contributed by atoms with Crippen molar-refractivity contribution in [2.24, 2.45) is 11.7 Å². The molecule has 21 heavy (non-hydrogen) atoms. The zero-order valence-corrected chi connectivity index (χ0v) is 13.1. The minimum Gasteiger partial charge on any atom is -0.392 e. The molecule has 1 fully saturated rings. The SMILES string of the molecule is Cc1ccc(S(=O)(=O)CC2CO[C@H](CC(O)CN)C2)cc1. The molecule has 2 unspecified atom stereocenters. The van der Waals surface area contributed by atoms with Crippen molar-refractivity contribution < 1.29 is 18.3 Å². The summed E-state index contributed by atoms with van der Waals surface area (Å²) in [5.41, 5.74) is 6.41. The third-order valence-corrected chi connectivity index (χ3v) is 5.71. The molecule has 0 radical (unpaired) electrons. The van der Waals surface area contributed by atoms with Gasteiger partial charge in [-0.25, -0.2) is 8.42 Å². The summed E-state index contributed by atoms with van der Waals surface area (Å²) in [4.78, 5) is 0.360. The second kappa shape index (κ2) is 6.87. The first-order chi connectivity index (χ1) is 9.90. The Morgan fingerprint density at radius 3 is 2.67 bits per heavy atom. The van der Waals surface area contributed by atoms with Crippen molar-refractivity contribution in [2.75, 3.05) is 18.9 Å². The predicted molar refractivity (Wildman–Crippen MR) is 80.8 cm³/mol. The summed E-state index contributed by atoms with van der Waals surface area (Å²) in [5, 5.41) is 9.52. The standard InChI is InChI=1S/C15H23NO4S/c1-11-2-4-15(5-3-11)21(18,19)10-12-6-14(20-9-12)7-13(17)8-16/h2-5,12-14,17H,6-10,16H2,1H3/t12?,13?,14-/m0/s1. The lowest BCUT2D eigenvalue weighted by molar-refractivity contribution is 0.0558. The van der Waals surface area contributed by atoms with Crippen molar-refractivity contribution in [3.63, 3.8) is 0 Å². The molecule has 0 bridgehead atoms. The largest absolute Gasteiger partial charge is 0.392 e. The van der Waals surface area contributed by atoms with Crippen LogP contribution in [0.4, 0.5) is 0 Å². The van der Waals surface area contributed by atoms with E-state index >= 15 is 0 Å². The number of aryl methyl sites for hydroxylation is 1. The maximum absolute atomic E-state index is 12.4. The average Bonchev–Trinajstić information content (AvgIpc) is 2.85. The van der Waals surface area contributed by atoms with E-state index in [4.69, 9.17) is 10.5 Å². The van der Waals surface area contributed by atoms with E-state index in [0.29, 0.717) is 24.3 Å². The van der Waals surface area contributed by atoms with Gasteiger partial charge in [0.15, 0.2) is 9.84 Å². The van der Waals surface area contributed by atoms with Gasteiger partial charge in [0, 0.05) is 13.0 Å². The monoisotopic (exact) mass is 313 g/mol. The number of benzene rings is 1. The highest BCUT2D eigenvalue weighted by atomic mass is 32.2. The van der Waals surface area contributed by atoms with Gasteiger partial charge in [0.2, 0.25) is 0 Å². The number of ether oxygens (including phenoxy) is 1. The summed E-state index contributed by atoms with van der Waals surface area (Å²) < 4.78 is 30.3. The van der Waals surface area contributed by atoms with Crippen molar-refractivity contribution in [3.05, 3.63) is 29.8 Å². The minimum atomic E-state index is -3.29. The molecule has 0 aromatic heterocycles. The predicted octanol–water partition coefficient (Wildman–Crippen LogP) is 0.884. The van der Waals surface area contributed by atoms with E-state index < -0.39 is 15.9 Å². The highest BCUT2D eigenvalue weighted by Crippen LogP contribution is 2.26. The lowest BCUT2D eigenvalue weighted by atomic mass is 10.0. The number of hydrogen-bond acceptors (Lipinski definition) is 5. The Hall–Kier alpha value is -0.950. The number of nitrogens with two attached hydrogens (primary N) is 1. The molecule has 3 N–H and O–H groups in total. The Morgan fingerprint density at radius 1 is 1.38 bits per heavy atom. The molecule has 5 nitrogen and oxygen atoms in total. The van der Waals surface area contributed by atoms with Crippen molar-refractivity contribution in [3.8, 4) is 0 Å². The van der Waals surface area contributed by atoms with Crippen LogP contribution in [-0.2, 0) is 14.6 Å². The molecule has 1 aliphatic rings. The lowest BCUT2D eigenvalue weighted by Crippen LogP contribution is -2.25. The molecular weight excluding hydrogens is 290 g/mol. The Labute approximate surface area is 126 Å². The van der Waals surface area contributed by atoms with Gasteiger partial charge >= 0.3 is 0 Å². The molecule has 2 rings (SSSR count). The highest BCUT2D eigenvalue weighted by molar-refractivity contribution is 7.91. The summed E-state index contributed by atoms with van der Waals surface area (Å²) in [6, 6.07) is 6.91. The Morgan fingerprint density at radius 2 is 2.05 bits per heavy atom. The van der Waals surface area contributed by atoms with Gasteiger partial charge in [-0.15, -0.1) is 0 Å². The molecule has 6 heteroatoms. The first kappa shape index (κ1) is 16.4. The average molecular weight is 313 g/mol. The van der Waals surface area contributed by atoms with Crippen LogP contribution in [0.15, 0.2) is 29.2 Å². The fraction of sp³-hybridized carbons (Fsp3) is 0.600. The van der Waals surface area contributed by atoms with E-state index in [1.54, 1.807) is 24.3 Å². The van der Waals surface area contributed by atoms with E-state index in [0.717, 1.165) is 5.56 Å². The summed E-state index contributed by atoms with van der Waals surface area (Å²) in [7, 11) is -3.29. The van der Waals surface area contributed by atoms with Crippen LogP contribution in [-0.4, -0.2) is 44.6 Å². The minimum absolute atomic E-state index is 0.0220. The van der Waals surface area contributed by atoms with Crippen LogP contribution in [0.25, 0.3) is 0 Å². The van der Waals surface area contributed by atoms with Crippen LogP contribution in [0.2, 0.25) is 0 Å². The maximum atomic E-state index is 12.4. The smallest absolute Gasteiger partial charge is 0.178 e. The lowest BCUT2D eigenvalue weighted by Gasteiger charge is -2.13. The van der Waals surface area contributed by atoms with Crippen molar-refractivity contribution >= 4 is 9.84 Å². The van der Waals surface area contributed by atoms with Gasteiger partial charge in [-0.05, 0) is 31.4 Å². The van der Waals surface area contributed by atoms with Crippen LogP contribution in [0, 0.1) is 12.8 Å². The summed E-state index contributed by atoms with van der Waals surface area (Å²) in [6.07, 6.45) is 0.448. The van der Waals surface area contributed by atoms with Gasteiger partial charge in [0.05, 0.1) is 29.5 Å². The quantitative estimate of drug-likeness (QED) is 0.814. The Balaban J connectivity index is 1.94. The fourth-order valence-electron chi connectivity index (χ4n) is 2.61. The molecule has 1 aliphatic heterocycles. The normalized spacial score (nSPS) is 24.1. The zero-order valence-electron chi connectivity index (χ0n) is 12.2. The Kier molecular flexibility index (Phi) is 5.37. The number of hydrogen-bond donors (Lipinski definition) is 2. The molecule has 0 saturated carbocycles. The summed E-state index contributed by atoms with van der Waals surface area (Å²) in [5.74, 6) is 0.0666. The molecular formula is C15H23NO4S. The van der Waals surface area contributed by atoms with E-state index in [1.165, 1.54) is 0 Å². The van der Waals surface area contributed by atoms with Crippen molar-refractivity contribution in [1.29, 1.82) is 0 Å². The molecule has 1 aromatic rings. The highest BCUT2D eigenvalue weighted by Gasteiger charge is 2.31. The molecule has 1 saturated heterocycles. The van der Waals surface area contributed by atoms with Crippen molar-refractivity contribution in [1.82, 2.24) is 0 Å². The fourth-order valence-corrected chi connectivity index (χ4v) is 4.21. The van der Waals surface area contributed by atoms with Gasteiger partial charge in [0.1, 0.15) is 0 Å². The Bertz CT molecular complexity index is 556. The molecule has 0 spiro atoms. The maximum Gasteiger partial charge on any atom is 0.178 e. The van der Waals surface area contributed by atoms with Gasteiger partial charge in [-0.3, -0.25) is 0 Å². The molecule has 0 amide bonds. The van der Waals surface area contributed by atoms with Gasteiger partial charge < -0.3 is 15.6 Å². The van der Waals surface area contributed by atoms with E-state index in [2.05, 4.69) is 0 Å². The number of rotatable bonds is 6. The van der Waals surface area contributed by atoms with Crippen LogP contribution in [0.3, 0.4) is 0 Å². The van der Waals surface area contributed by atoms with E-state index in [-0.39, 0.29) is 24.3 Å². The first-order valence-corrected chi connectivity index (χ1v) is 8.85. The van der Waals surface area contributed by atoms with Crippen LogP contribution >= 0.6 is 0 Å². The molecule has 1 heterocycles. The third-order valence-electron chi connectivity index (χ3n) is 3.81. The zero-order chi connectivity index (χ0) is 15.5. The van der Waals surface area contributed by atoms with Crippen molar-refractivity contribution in [2.45, 2.75) is 36.9 Å². The molecule has 0 aliphatic carbocycles. The van der Waals surface area contributed by atoms with Gasteiger partial charge in [0.25, 0.3) is 0 Å². The van der Waals surface area contributed by atoms with Gasteiger partial charge in [-0.1, -0.05) is 17.7 Å². The first-order valence-electron chi connectivity index (χ1n) is 7.20. The number of sulfone groups is 1. The van der Waals surface area contributed by atoms with Crippen LogP contribution < -0.4 is 5.73 Å². The second-order valence-electron chi connectivity index (χ2n) is 5.78. The third kappa shape index (κ3) is 4.51. The van der Waals surface area contributed by atoms with Crippen LogP contribution in [0.1, 0.15) is 18.4 Å². The molecule has 118 valence electrons. The van der Waals surface area contributed by atoms with E-state index in [1.807, 2.05) is 6.92 Å². The molecule has 1 aromatic carbocycles. The van der Waals surface area contributed by atoms with Gasteiger partial charge in [-0.2, -0.15) is 0 Å².